The highest BCUT2D eigenvalue weighted by Gasteiger charge is 2.32. The molecular weight excluding hydrogens is 224 g/mol. The molecule has 1 saturated carbocycles. The fraction of sp³-hybridized carbons (Fsp3) is 1.00. The molecule has 0 saturated heterocycles. The van der Waals surface area contributed by atoms with Crippen LogP contribution in [-0.2, 0) is 0 Å². The normalized spacial score (nSPS) is 28.8. The third kappa shape index (κ3) is 4.52. The topological polar surface area (TPSA) is 49.5 Å². The molecule has 0 aliphatic heterocycles. The molecule has 0 aromatic heterocycles. The molecule has 1 aliphatic rings. The molecule has 0 bridgehead atoms. The van der Waals surface area contributed by atoms with Crippen LogP contribution in [0.4, 0.5) is 0 Å². The van der Waals surface area contributed by atoms with Crippen molar-refractivity contribution in [2.45, 2.75) is 58.4 Å². The highest BCUT2D eigenvalue weighted by atomic mass is 16.3. The molecule has 1 fully saturated rings. The Bertz CT molecular complexity index is 211. The minimum absolute atomic E-state index is 0.272. The molecule has 0 amide bonds. The van der Waals surface area contributed by atoms with E-state index in [-0.39, 0.29) is 6.61 Å². The highest BCUT2D eigenvalue weighted by Crippen LogP contribution is 2.33. The largest absolute Gasteiger partial charge is 0.395 e. The zero-order valence-corrected chi connectivity index (χ0v) is 12.3. The summed E-state index contributed by atoms with van der Waals surface area (Å²) in [5.74, 6) is 1.50. The highest BCUT2D eigenvalue weighted by molar-refractivity contribution is 4.87. The van der Waals surface area contributed by atoms with Crippen LogP contribution >= 0.6 is 0 Å². The van der Waals surface area contributed by atoms with Crippen LogP contribution < -0.4 is 5.73 Å². The number of aliphatic hydroxyl groups is 1. The fourth-order valence-corrected chi connectivity index (χ4v) is 3.32. The number of nitrogens with two attached hydrogens (primary N) is 1. The van der Waals surface area contributed by atoms with Crippen molar-refractivity contribution in [2.75, 3.05) is 26.2 Å². The van der Waals surface area contributed by atoms with Gasteiger partial charge >= 0.3 is 0 Å². The summed E-state index contributed by atoms with van der Waals surface area (Å²) < 4.78 is 0. The maximum Gasteiger partial charge on any atom is 0.0558 e. The number of unbranched alkanes of at least 4 members (excludes halogenated alkanes) is 1. The molecule has 3 atom stereocenters. The average molecular weight is 256 g/mol. The van der Waals surface area contributed by atoms with Crippen LogP contribution in [0.2, 0.25) is 0 Å². The Morgan fingerprint density at radius 1 is 1.22 bits per heavy atom. The van der Waals surface area contributed by atoms with E-state index in [2.05, 4.69) is 18.7 Å². The maximum atomic E-state index is 9.28. The molecule has 0 radical (unpaired) electrons. The van der Waals surface area contributed by atoms with E-state index in [0.29, 0.717) is 12.0 Å². The van der Waals surface area contributed by atoms with Gasteiger partial charge in [0.15, 0.2) is 0 Å². The first kappa shape index (κ1) is 15.9. The molecule has 1 aliphatic carbocycles. The van der Waals surface area contributed by atoms with Crippen molar-refractivity contribution in [2.24, 2.45) is 17.6 Å². The molecule has 1 rings (SSSR count). The molecule has 0 aromatic carbocycles. The molecule has 0 heterocycles. The van der Waals surface area contributed by atoms with Gasteiger partial charge in [0.2, 0.25) is 0 Å². The molecule has 3 heteroatoms. The Kier molecular flexibility index (Phi) is 7.87. The lowest BCUT2D eigenvalue weighted by Crippen LogP contribution is -2.48. The fourth-order valence-electron chi connectivity index (χ4n) is 3.32. The summed E-state index contributed by atoms with van der Waals surface area (Å²) in [6.45, 7) is 7.54. The molecule has 3 N–H and O–H groups in total. The van der Waals surface area contributed by atoms with Gasteiger partial charge in [-0.05, 0) is 44.2 Å². The van der Waals surface area contributed by atoms with Gasteiger partial charge in [-0.3, -0.25) is 4.90 Å². The predicted octanol–water partition coefficient (Wildman–Crippen LogP) is 2.23. The second-order valence-electron chi connectivity index (χ2n) is 5.76. The lowest BCUT2D eigenvalue weighted by Gasteiger charge is -2.42. The van der Waals surface area contributed by atoms with Crippen LogP contribution in [0.1, 0.15) is 52.4 Å². The number of hydrogen-bond acceptors (Lipinski definition) is 3. The lowest BCUT2D eigenvalue weighted by molar-refractivity contribution is 0.0641. The third-order valence-corrected chi connectivity index (χ3v) is 4.60. The van der Waals surface area contributed by atoms with Gasteiger partial charge < -0.3 is 10.8 Å². The van der Waals surface area contributed by atoms with Crippen molar-refractivity contribution < 1.29 is 5.11 Å². The first-order valence-electron chi connectivity index (χ1n) is 7.81. The van der Waals surface area contributed by atoms with Gasteiger partial charge in [0, 0.05) is 12.6 Å². The minimum Gasteiger partial charge on any atom is -0.395 e. The lowest BCUT2D eigenvalue weighted by atomic mass is 9.76. The molecule has 3 unspecified atom stereocenters. The molecule has 0 spiro atoms. The molecule has 108 valence electrons. The number of aliphatic hydroxyl groups excluding tert-OH is 1. The Hall–Kier alpha value is -0.120. The smallest absolute Gasteiger partial charge is 0.0558 e. The van der Waals surface area contributed by atoms with E-state index in [1.54, 1.807) is 0 Å². The first-order chi connectivity index (χ1) is 8.76. The van der Waals surface area contributed by atoms with Gasteiger partial charge in [0.1, 0.15) is 0 Å². The van der Waals surface area contributed by atoms with E-state index in [0.717, 1.165) is 25.6 Å². The van der Waals surface area contributed by atoms with Gasteiger partial charge in [0.25, 0.3) is 0 Å². The van der Waals surface area contributed by atoms with Crippen LogP contribution in [0.3, 0.4) is 0 Å². The summed E-state index contributed by atoms with van der Waals surface area (Å²) in [4.78, 5) is 2.50. The first-order valence-corrected chi connectivity index (χ1v) is 7.81. The van der Waals surface area contributed by atoms with E-state index in [1.807, 2.05) is 0 Å². The quantitative estimate of drug-likeness (QED) is 0.700. The van der Waals surface area contributed by atoms with Crippen molar-refractivity contribution in [3.8, 4) is 0 Å². The second kappa shape index (κ2) is 8.89. The number of hydrogen-bond donors (Lipinski definition) is 2. The SMILES string of the molecule is CCCCN(CCO)C1CC(CC)CCC1CN. The van der Waals surface area contributed by atoms with Crippen molar-refractivity contribution in [1.82, 2.24) is 4.90 Å². The van der Waals surface area contributed by atoms with Crippen LogP contribution in [0, 0.1) is 11.8 Å². The summed E-state index contributed by atoms with van der Waals surface area (Å²) in [7, 11) is 0. The van der Waals surface area contributed by atoms with E-state index >= 15 is 0 Å². The Balaban J connectivity index is 2.63. The molecular formula is C15H32N2O. The van der Waals surface area contributed by atoms with E-state index in [1.165, 1.54) is 38.5 Å². The van der Waals surface area contributed by atoms with Crippen LogP contribution in [0.25, 0.3) is 0 Å². The minimum atomic E-state index is 0.272. The third-order valence-electron chi connectivity index (χ3n) is 4.60. The Labute approximate surface area is 113 Å². The molecule has 0 aromatic rings. The number of nitrogens with zero attached hydrogens (tertiary/aromatic N) is 1. The summed E-state index contributed by atoms with van der Waals surface area (Å²) in [6, 6.07) is 0.604. The van der Waals surface area contributed by atoms with Gasteiger partial charge in [-0.15, -0.1) is 0 Å². The second-order valence-corrected chi connectivity index (χ2v) is 5.76. The zero-order chi connectivity index (χ0) is 13.4. The average Bonchev–Trinajstić information content (AvgIpc) is 2.42. The summed E-state index contributed by atoms with van der Waals surface area (Å²) >= 11 is 0. The van der Waals surface area contributed by atoms with Gasteiger partial charge in [-0.1, -0.05) is 33.1 Å². The van der Waals surface area contributed by atoms with Crippen LogP contribution in [0.15, 0.2) is 0 Å². The van der Waals surface area contributed by atoms with Crippen molar-refractivity contribution in [3.05, 3.63) is 0 Å². The Morgan fingerprint density at radius 3 is 2.56 bits per heavy atom. The number of rotatable bonds is 8. The van der Waals surface area contributed by atoms with Gasteiger partial charge in [-0.2, -0.15) is 0 Å². The van der Waals surface area contributed by atoms with Crippen LogP contribution in [-0.4, -0.2) is 42.3 Å². The van der Waals surface area contributed by atoms with Crippen LogP contribution in [0.5, 0.6) is 0 Å². The van der Waals surface area contributed by atoms with Crippen molar-refractivity contribution >= 4 is 0 Å². The summed E-state index contributed by atoms with van der Waals surface area (Å²) in [5.41, 5.74) is 5.95. The van der Waals surface area contributed by atoms with E-state index in [9.17, 15) is 5.11 Å². The summed E-state index contributed by atoms with van der Waals surface area (Å²) in [5, 5.41) is 9.28. The zero-order valence-electron chi connectivity index (χ0n) is 12.3. The maximum absolute atomic E-state index is 9.28. The van der Waals surface area contributed by atoms with Crippen molar-refractivity contribution in [1.29, 1.82) is 0 Å². The molecule has 3 nitrogen and oxygen atoms in total. The van der Waals surface area contributed by atoms with Crippen molar-refractivity contribution in [3.63, 3.8) is 0 Å². The van der Waals surface area contributed by atoms with Gasteiger partial charge in [0.05, 0.1) is 6.61 Å². The monoisotopic (exact) mass is 256 g/mol. The predicted molar refractivity (Wildman–Crippen MR) is 77.5 cm³/mol. The Morgan fingerprint density at radius 2 is 2.00 bits per heavy atom. The standard InChI is InChI=1S/C15H32N2O/c1-3-5-8-17(9-10-18)15-11-13(4-2)6-7-14(15)12-16/h13-15,18H,3-12,16H2,1-2H3. The molecule has 18 heavy (non-hydrogen) atoms. The van der Waals surface area contributed by atoms with E-state index < -0.39 is 0 Å². The summed E-state index contributed by atoms with van der Waals surface area (Å²) in [6.07, 6.45) is 7.63. The van der Waals surface area contributed by atoms with Gasteiger partial charge in [-0.25, -0.2) is 0 Å². The van der Waals surface area contributed by atoms with E-state index in [4.69, 9.17) is 5.73 Å².